The zero-order valence-corrected chi connectivity index (χ0v) is 15.3. The number of pyridine rings is 1. The molecule has 2 aromatic rings. The molecule has 0 bridgehead atoms. The lowest BCUT2D eigenvalue weighted by Crippen LogP contribution is -2.35. The Morgan fingerprint density at radius 2 is 2.04 bits per heavy atom. The number of halogens is 1. The SMILES string of the molecule is CC[C@@H]1CSC2=N[C@@H](c3ccccn3)[C@@H](c3ccccc3Br)N21. The molecule has 0 spiro atoms. The molecule has 0 saturated carbocycles. The molecule has 118 valence electrons. The average molecular weight is 388 g/mol. The van der Waals surface area contributed by atoms with Gasteiger partial charge < -0.3 is 4.90 Å². The summed E-state index contributed by atoms with van der Waals surface area (Å²) in [4.78, 5) is 12.1. The molecule has 1 fully saturated rings. The molecule has 0 radical (unpaired) electrons. The predicted molar refractivity (Wildman–Crippen MR) is 99.7 cm³/mol. The van der Waals surface area contributed by atoms with Gasteiger partial charge in [-0.25, -0.2) is 0 Å². The second-order valence-electron chi connectivity index (χ2n) is 5.86. The van der Waals surface area contributed by atoms with Crippen LogP contribution in [0.25, 0.3) is 0 Å². The summed E-state index contributed by atoms with van der Waals surface area (Å²) in [7, 11) is 0. The number of aliphatic imine (C=N–C) groups is 1. The molecule has 3 nitrogen and oxygen atoms in total. The van der Waals surface area contributed by atoms with Crippen molar-refractivity contribution in [1.29, 1.82) is 0 Å². The molecule has 5 heteroatoms. The molecule has 1 aromatic heterocycles. The van der Waals surface area contributed by atoms with Crippen LogP contribution in [0.2, 0.25) is 0 Å². The summed E-state index contributed by atoms with van der Waals surface area (Å²) in [6, 6.07) is 15.4. The minimum absolute atomic E-state index is 0.0618. The van der Waals surface area contributed by atoms with Crippen LogP contribution in [0.1, 0.15) is 36.7 Å². The smallest absolute Gasteiger partial charge is 0.160 e. The highest BCUT2D eigenvalue weighted by Gasteiger charge is 2.45. The Labute approximate surface area is 149 Å². The predicted octanol–water partition coefficient (Wildman–Crippen LogP) is 4.82. The lowest BCUT2D eigenvalue weighted by atomic mass is 9.95. The Hall–Kier alpha value is -1.33. The van der Waals surface area contributed by atoms with Gasteiger partial charge in [-0.15, -0.1) is 0 Å². The minimum atomic E-state index is 0.0618. The summed E-state index contributed by atoms with van der Waals surface area (Å²) in [5.41, 5.74) is 2.34. The maximum Gasteiger partial charge on any atom is 0.160 e. The Bertz CT molecular complexity index is 734. The first-order chi connectivity index (χ1) is 11.3. The standard InChI is InChI=1S/C18H18BrN3S/c1-2-12-11-23-18-21-16(15-9-5-6-10-20-15)17(22(12)18)13-7-3-4-8-14(13)19/h3-10,12,16-17H,2,11H2,1H3/t12-,16+,17-/m1/s1. The number of aromatic nitrogens is 1. The van der Waals surface area contributed by atoms with E-state index in [2.05, 4.69) is 63.1 Å². The van der Waals surface area contributed by atoms with Crippen molar-refractivity contribution in [3.63, 3.8) is 0 Å². The van der Waals surface area contributed by atoms with Gasteiger partial charge in [-0.1, -0.05) is 58.9 Å². The normalized spacial score (nSPS) is 26.3. The van der Waals surface area contributed by atoms with Crippen molar-refractivity contribution in [3.8, 4) is 0 Å². The van der Waals surface area contributed by atoms with Gasteiger partial charge in [0.25, 0.3) is 0 Å². The van der Waals surface area contributed by atoms with E-state index < -0.39 is 0 Å². The topological polar surface area (TPSA) is 28.5 Å². The van der Waals surface area contributed by atoms with Gasteiger partial charge in [0.15, 0.2) is 5.17 Å². The number of thioether (sulfide) groups is 1. The van der Waals surface area contributed by atoms with Crippen molar-refractivity contribution < 1.29 is 0 Å². The van der Waals surface area contributed by atoms with Crippen molar-refractivity contribution >= 4 is 32.9 Å². The van der Waals surface area contributed by atoms with E-state index in [1.54, 1.807) is 0 Å². The molecule has 3 heterocycles. The van der Waals surface area contributed by atoms with Crippen LogP contribution in [-0.2, 0) is 0 Å². The van der Waals surface area contributed by atoms with E-state index in [-0.39, 0.29) is 12.1 Å². The summed E-state index contributed by atoms with van der Waals surface area (Å²) >= 11 is 5.62. The highest BCUT2D eigenvalue weighted by Crippen LogP contribution is 2.49. The second kappa shape index (κ2) is 6.29. The van der Waals surface area contributed by atoms with E-state index in [1.807, 2.05) is 30.1 Å². The van der Waals surface area contributed by atoms with E-state index in [4.69, 9.17) is 4.99 Å². The number of rotatable bonds is 3. The van der Waals surface area contributed by atoms with Gasteiger partial charge in [0.05, 0.1) is 11.7 Å². The van der Waals surface area contributed by atoms with Crippen molar-refractivity contribution in [1.82, 2.24) is 9.88 Å². The largest absolute Gasteiger partial charge is 0.338 e. The third-order valence-electron chi connectivity index (χ3n) is 4.55. The van der Waals surface area contributed by atoms with Crippen LogP contribution in [0, 0.1) is 0 Å². The Balaban J connectivity index is 1.82. The fraction of sp³-hybridized carbons (Fsp3) is 0.333. The van der Waals surface area contributed by atoms with Gasteiger partial charge in [-0.2, -0.15) is 0 Å². The first-order valence-corrected chi connectivity index (χ1v) is 9.71. The van der Waals surface area contributed by atoms with E-state index in [0.29, 0.717) is 6.04 Å². The lowest BCUT2D eigenvalue weighted by molar-refractivity contribution is 0.254. The molecular weight excluding hydrogens is 370 g/mol. The summed E-state index contributed by atoms with van der Waals surface area (Å²) in [5.74, 6) is 1.13. The number of hydrogen-bond donors (Lipinski definition) is 0. The maximum atomic E-state index is 5.04. The zero-order chi connectivity index (χ0) is 15.8. The molecule has 0 amide bonds. The Kier molecular flexibility index (Phi) is 4.16. The van der Waals surface area contributed by atoms with Gasteiger partial charge in [0.1, 0.15) is 6.04 Å². The highest BCUT2D eigenvalue weighted by molar-refractivity contribution is 9.10. The van der Waals surface area contributed by atoms with Crippen LogP contribution in [0.5, 0.6) is 0 Å². The minimum Gasteiger partial charge on any atom is -0.338 e. The molecule has 3 atom stereocenters. The zero-order valence-electron chi connectivity index (χ0n) is 12.9. The second-order valence-corrected chi connectivity index (χ2v) is 7.70. The summed E-state index contributed by atoms with van der Waals surface area (Å²) in [6.07, 6.45) is 3.00. The Morgan fingerprint density at radius 1 is 1.22 bits per heavy atom. The van der Waals surface area contributed by atoms with Crippen molar-refractivity contribution in [3.05, 3.63) is 64.4 Å². The monoisotopic (exact) mass is 387 g/mol. The third-order valence-corrected chi connectivity index (χ3v) is 6.40. The van der Waals surface area contributed by atoms with Crippen LogP contribution < -0.4 is 0 Å². The maximum absolute atomic E-state index is 5.04. The molecule has 0 unspecified atom stereocenters. The van der Waals surface area contributed by atoms with Gasteiger partial charge in [0, 0.05) is 22.5 Å². The molecule has 2 aliphatic heterocycles. The van der Waals surface area contributed by atoms with E-state index in [1.165, 1.54) is 10.7 Å². The van der Waals surface area contributed by atoms with Gasteiger partial charge >= 0.3 is 0 Å². The highest BCUT2D eigenvalue weighted by atomic mass is 79.9. The summed E-state index contributed by atoms with van der Waals surface area (Å²) < 4.78 is 1.15. The molecule has 4 rings (SSSR count). The molecule has 23 heavy (non-hydrogen) atoms. The molecule has 0 N–H and O–H groups in total. The van der Waals surface area contributed by atoms with Gasteiger partial charge in [-0.05, 0) is 30.2 Å². The van der Waals surface area contributed by atoms with E-state index >= 15 is 0 Å². The van der Waals surface area contributed by atoms with Crippen LogP contribution >= 0.6 is 27.7 Å². The quantitative estimate of drug-likeness (QED) is 0.755. The molecule has 2 aliphatic rings. The number of fused-ring (bicyclic) bond motifs is 1. The third kappa shape index (κ3) is 2.60. The molecule has 1 aromatic carbocycles. The van der Waals surface area contributed by atoms with E-state index in [0.717, 1.165) is 22.3 Å². The summed E-state index contributed by atoms with van der Waals surface area (Å²) in [5, 5.41) is 1.17. The first-order valence-electron chi connectivity index (χ1n) is 7.94. The van der Waals surface area contributed by atoms with Crippen LogP contribution in [0.15, 0.2) is 58.1 Å². The van der Waals surface area contributed by atoms with Crippen LogP contribution in [0.4, 0.5) is 0 Å². The van der Waals surface area contributed by atoms with Gasteiger partial charge in [-0.3, -0.25) is 9.98 Å². The Morgan fingerprint density at radius 3 is 2.78 bits per heavy atom. The molecule has 1 saturated heterocycles. The number of nitrogens with zero attached hydrogens (tertiary/aromatic N) is 3. The van der Waals surface area contributed by atoms with Crippen molar-refractivity contribution in [2.24, 2.45) is 4.99 Å². The number of hydrogen-bond acceptors (Lipinski definition) is 4. The number of amidine groups is 1. The fourth-order valence-corrected chi connectivity index (χ4v) is 5.26. The van der Waals surface area contributed by atoms with E-state index in [9.17, 15) is 0 Å². The van der Waals surface area contributed by atoms with Crippen molar-refractivity contribution in [2.45, 2.75) is 31.5 Å². The van der Waals surface area contributed by atoms with Crippen molar-refractivity contribution in [2.75, 3.05) is 5.75 Å². The number of benzene rings is 1. The van der Waals surface area contributed by atoms with Crippen LogP contribution in [0.3, 0.4) is 0 Å². The molecule has 0 aliphatic carbocycles. The average Bonchev–Trinajstić information content (AvgIpc) is 3.15. The first kappa shape index (κ1) is 15.2. The summed E-state index contributed by atoms with van der Waals surface area (Å²) in [6.45, 7) is 2.26. The lowest BCUT2D eigenvalue weighted by Gasteiger charge is -2.32. The fourth-order valence-electron chi connectivity index (χ4n) is 3.40. The van der Waals surface area contributed by atoms with Crippen LogP contribution in [-0.4, -0.2) is 26.8 Å². The van der Waals surface area contributed by atoms with Gasteiger partial charge in [0.2, 0.25) is 0 Å². The molecular formula is C18H18BrN3S.